The fourth-order valence-electron chi connectivity index (χ4n) is 2.49. The first-order chi connectivity index (χ1) is 8.54. The molecule has 2 atom stereocenters. The average Bonchev–Trinajstić information content (AvgIpc) is 2.67. The SMILES string of the molecule is CC(C)CCCC(C)N1CC(CN=[N+]=[N-])CC1=O. The molecular formula is C13H24N4O. The van der Waals surface area contributed by atoms with E-state index in [2.05, 4.69) is 30.8 Å². The Hall–Kier alpha value is -1.22. The van der Waals surface area contributed by atoms with Crippen molar-refractivity contribution in [2.75, 3.05) is 13.1 Å². The number of rotatable bonds is 7. The molecule has 5 heteroatoms. The minimum Gasteiger partial charge on any atom is -0.340 e. The molecule has 1 amide bonds. The van der Waals surface area contributed by atoms with Crippen molar-refractivity contribution >= 4 is 5.91 Å². The Labute approximate surface area is 109 Å². The highest BCUT2D eigenvalue weighted by molar-refractivity contribution is 5.79. The molecule has 0 saturated carbocycles. The molecular weight excluding hydrogens is 228 g/mol. The zero-order chi connectivity index (χ0) is 13.5. The third-order valence-corrected chi connectivity index (χ3v) is 3.58. The number of azide groups is 1. The van der Waals surface area contributed by atoms with Gasteiger partial charge in [0.2, 0.25) is 5.91 Å². The molecule has 1 saturated heterocycles. The van der Waals surface area contributed by atoms with Crippen LogP contribution in [0.5, 0.6) is 0 Å². The number of carbonyl (C=O) groups is 1. The third kappa shape index (κ3) is 4.57. The van der Waals surface area contributed by atoms with Crippen molar-refractivity contribution < 1.29 is 4.79 Å². The van der Waals surface area contributed by atoms with Crippen molar-refractivity contribution in [2.24, 2.45) is 17.0 Å². The summed E-state index contributed by atoms with van der Waals surface area (Å²) in [5.74, 6) is 1.15. The molecule has 0 aromatic rings. The summed E-state index contributed by atoms with van der Waals surface area (Å²) in [6.07, 6.45) is 3.99. The van der Waals surface area contributed by atoms with Gasteiger partial charge in [0.25, 0.3) is 0 Å². The molecule has 0 bridgehead atoms. The normalized spacial score (nSPS) is 21.2. The van der Waals surface area contributed by atoms with Gasteiger partial charge in [-0.25, -0.2) is 0 Å². The van der Waals surface area contributed by atoms with Crippen molar-refractivity contribution in [1.82, 2.24) is 4.90 Å². The van der Waals surface area contributed by atoms with Crippen LogP contribution in [0.4, 0.5) is 0 Å². The monoisotopic (exact) mass is 252 g/mol. The molecule has 0 aromatic carbocycles. The van der Waals surface area contributed by atoms with Gasteiger partial charge in [-0.3, -0.25) is 4.79 Å². The Kier molecular flexibility index (Phi) is 5.99. The first kappa shape index (κ1) is 14.8. The van der Waals surface area contributed by atoms with Gasteiger partial charge < -0.3 is 4.90 Å². The van der Waals surface area contributed by atoms with Crippen LogP contribution in [0.3, 0.4) is 0 Å². The second-order valence-corrected chi connectivity index (χ2v) is 5.70. The predicted octanol–water partition coefficient (Wildman–Crippen LogP) is 3.36. The van der Waals surface area contributed by atoms with Gasteiger partial charge in [-0.05, 0) is 30.7 Å². The van der Waals surface area contributed by atoms with Gasteiger partial charge in [-0.15, -0.1) is 0 Å². The third-order valence-electron chi connectivity index (χ3n) is 3.58. The number of hydrogen-bond acceptors (Lipinski definition) is 2. The molecule has 1 heterocycles. The van der Waals surface area contributed by atoms with Gasteiger partial charge in [0.15, 0.2) is 0 Å². The Morgan fingerprint density at radius 3 is 2.78 bits per heavy atom. The van der Waals surface area contributed by atoms with E-state index in [0.717, 1.165) is 18.9 Å². The maximum atomic E-state index is 11.9. The van der Waals surface area contributed by atoms with Gasteiger partial charge in [-0.2, -0.15) is 0 Å². The summed E-state index contributed by atoms with van der Waals surface area (Å²) in [4.78, 5) is 16.6. The van der Waals surface area contributed by atoms with Crippen LogP contribution < -0.4 is 0 Å². The summed E-state index contributed by atoms with van der Waals surface area (Å²) < 4.78 is 0. The lowest BCUT2D eigenvalue weighted by molar-refractivity contribution is -0.129. The van der Waals surface area contributed by atoms with E-state index in [1.165, 1.54) is 12.8 Å². The minimum atomic E-state index is 0.209. The van der Waals surface area contributed by atoms with Crippen LogP contribution in [0.25, 0.3) is 10.4 Å². The van der Waals surface area contributed by atoms with Crippen molar-refractivity contribution in [1.29, 1.82) is 0 Å². The van der Waals surface area contributed by atoms with Crippen LogP contribution in [-0.4, -0.2) is 29.9 Å². The first-order valence-corrected chi connectivity index (χ1v) is 6.85. The fourth-order valence-corrected chi connectivity index (χ4v) is 2.49. The zero-order valence-electron chi connectivity index (χ0n) is 11.7. The number of nitrogens with zero attached hydrogens (tertiary/aromatic N) is 4. The number of likely N-dealkylation sites (tertiary alicyclic amines) is 1. The van der Waals surface area contributed by atoms with Gasteiger partial charge in [-0.1, -0.05) is 31.8 Å². The molecule has 1 fully saturated rings. The number of hydrogen-bond donors (Lipinski definition) is 0. The molecule has 18 heavy (non-hydrogen) atoms. The highest BCUT2D eigenvalue weighted by Crippen LogP contribution is 2.23. The van der Waals surface area contributed by atoms with E-state index in [9.17, 15) is 4.79 Å². The molecule has 0 N–H and O–H groups in total. The molecule has 0 spiro atoms. The maximum Gasteiger partial charge on any atom is 0.223 e. The van der Waals surface area contributed by atoms with Gasteiger partial charge >= 0.3 is 0 Å². The highest BCUT2D eigenvalue weighted by Gasteiger charge is 2.31. The van der Waals surface area contributed by atoms with Crippen LogP contribution in [0.2, 0.25) is 0 Å². The van der Waals surface area contributed by atoms with E-state index in [1.807, 2.05) is 4.90 Å². The van der Waals surface area contributed by atoms with Crippen molar-refractivity contribution in [3.8, 4) is 0 Å². The van der Waals surface area contributed by atoms with Crippen molar-refractivity contribution in [3.63, 3.8) is 0 Å². The topological polar surface area (TPSA) is 69.1 Å². The summed E-state index contributed by atoms with van der Waals surface area (Å²) in [5, 5.41) is 3.57. The standard InChI is InChI=1S/C13H24N4O/c1-10(2)5-4-6-11(3)17-9-12(7-13(17)18)8-15-16-14/h10-12H,4-9H2,1-3H3. The van der Waals surface area contributed by atoms with E-state index in [-0.39, 0.29) is 11.8 Å². The van der Waals surface area contributed by atoms with Crippen LogP contribution in [0.15, 0.2) is 5.11 Å². The van der Waals surface area contributed by atoms with Crippen LogP contribution in [-0.2, 0) is 4.79 Å². The molecule has 1 rings (SSSR count). The fraction of sp³-hybridized carbons (Fsp3) is 0.923. The van der Waals surface area contributed by atoms with E-state index in [4.69, 9.17) is 5.53 Å². The Balaban J connectivity index is 2.36. The van der Waals surface area contributed by atoms with E-state index in [0.29, 0.717) is 19.0 Å². The Morgan fingerprint density at radius 1 is 1.44 bits per heavy atom. The lowest BCUT2D eigenvalue weighted by Gasteiger charge is -2.25. The van der Waals surface area contributed by atoms with Gasteiger partial charge in [0.1, 0.15) is 0 Å². The van der Waals surface area contributed by atoms with Crippen molar-refractivity contribution in [2.45, 2.75) is 52.5 Å². The smallest absolute Gasteiger partial charge is 0.223 e. The van der Waals surface area contributed by atoms with Gasteiger partial charge in [0.05, 0.1) is 0 Å². The molecule has 1 aliphatic heterocycles. The second-order valence-electron chi connectivity index (χ2n) is 5.70. The largest absolute Gasteiger partial charge is 0.340 e. The lowest BCUT2D eigenvalue weighted by atomic mass is 10.0. The average molecular weight is 252 g/mol. The highest BCUT2D eigenvalue weighted by atomic mass is 16.2. The van der Waals surface area contributed by atoms with Crippen LogP contribution in [0, 0.1) is 11.8 Å². The summed E-state index contributed by atoms with van der Waals surface area (Å²) >= 11 is 0. The quantitative estimate of drug-likeness (QED) is 0.389. The van der Waals surface area contributed by atoms with Crippen LogP contribution >= 0.6 is 0 Å². The molecule has 0 radical (unpaired) electrons. The lowest BCUT2D eigenvalue weighted by Crippen LogP contribution is -2.34. The maximum absolute atomic E-state index is 11.9. The zero-order valence-corrected chi connectivity index (χ0v) is 11.7. The first-order valence-electron chi connectivity index (χ1n) is 6.85. The van der Waals surface area contributed by atoms with Gasteiger partial charge in [0, 0.05) is 30.5 Å². The Bertz CT molecular complexity index is 323. The summed E-state index contributed by atoms with van der Waals surface area (Å²) in [6.45, 7) is 7.76. The Morgan fingerprint density at radius 2 is 2.17 bits per heavy atom. The predicted molar refractivity (Wildman–Crippen MR) is 72.0 cm³/mol. The second kappa shape index (κ2) is 7.27. The molecule has 5 nitrogen and oxygen atoms in total. The van der Waals surface area contributed by atoms with Crippen molar-refractivity contribution in [3.05, 3.63) is 10.4 Å². The minimum absolute atomic E-state index is 0.209. The summed E-state index contributed by atoms with van der Waals surface area (Å²) in [7, 11) is 0. The van der Waals surface area contributed by atoms with E-state index in [1.54, 1.807) is 0 Å². The molecule has 0 aliphatic carbocycles. The molecule has 1 aliphatic rings. The van der Waals surface area contributed by atoms with E-state index < -0.39 is 0 Å². The molecule has 102 valence electrons. The number of carbonyl (C=O) groups excluding carboxylic acids is 1. The number of amides is 1. The summed E-state index contributed by atoms with van der Waals surface area (Å²) in [5.41, 5.74) is 8.30. The van der Waals surface area contributed by atoms with E-state index >= 15 is 0 Å². The summed E-state index contributed by atoms with van der Waals surface area (Å²) in [6, 6.07) is 0.312. The molecule has 2 unspecified atom stereocenters. The van der Waals surface area contributed by atoms with Crippen LogP contribution in [0.1, 0.15) is 46.5 Å². The molecule has 0 aromatic heterocycles.